The highest BCUT2D eigenvalue weighted by Crippen LogP contribution is 2.38. The van der Waals surface area contributed by atoms with E-state index in [-0.39, 0.29) is 24.2 Å². The number of hydrogen-bond acceptors (Lipinski definition) is 7. The minimum absolute atomic E-state index is 0.137. The Morgan fingerprint density at radius 2 is 2.00 bits per heavy atom. The molecule has 0 aliphatic carbocycles. The molecule has 2 amide bonds. The first-order valence-electron chi connectivity index (χ1n) is 10.6. The van der Waals surface area contributed by atoms with Crippen LogP contribution in [0.3, 0.4) is 0 Å². The number of amides is 2. The first-order chi connectivity index (χ1) is 15.3. The fraction of sp³-hybridized carbons (Fsp3) is 0.364. The number of carboxylic acid groups (broad SMARTS) is 1. The van der Waals surface area contributed by atoms with Crippen LogP contribution in [0.1, 0.15) is 39.2 Å². The minimum Gasteiger partial charge on any atom is -0.465 e. The van der Waals surface area contributed by atoms with Gasteiger partial charge in [0.25, 0.3) is 0 Å². The number of nitrogens with zero attached hydrogens (tertiary/aromatic N) is 3. The zero-order valence-electron chi connectivity index (χ0n) is 18.4. The van der Waals surface area contributed by atoms with Crippen molar-refractivity contribution in [2.45, 2.75) is 39.7 Å². The third-order valence-corrected chi connectivity index (χ3v) is 5.00. The number of rotatable bonds is 7. The van der Waals surface area contributed by atoms with Crippen molar-refractivity contribution < 1.29 is 19.4 Å². The number of hydrogen-bond donors (Lipinski definition) is 4. The van der Waals surface area contributed by atoms with Gasteiger partial charge in [-0.05, 0) is 50.1 Å². The maximum Gasteiger partial charge on any atom is 0.413 e. The van der Waals surface area contributed by atoms with Crippen molar-refractivity contribution >= 4 is 40.9 Å². The van der Waals surface area contributed by atoms with Crippen LogP contribution in [0.2, 0.25) is 0 Å². The molecule has 1 aromatic heterocycles. The molecule has 10 heteroatoms. The van der Waals surface area contributed by atoms with Crippen LogP contribution in [0, 0.1) is 0 Å². The minimum atomic E-state index is -1.10. The van der Waals surface area contributed by atoms with Crippen molar-refractivity contribution in [2.24, 2.45) is 4.99 Å². The number of fused-ring (bicyclic) bond motifs is 1. The van der Waals surface area contributed by atoms with Crippen LogP contribution in [0.5, 0.6) is 5.75 Å². The predicted octanol–water partition coefficient (Wildman–Crippen LogP) is 3.99. The summed E-state index contributed by atoms with van der Waals surface area (Å²) in [6, 6.07) is 8.51. The summed E-state index contributed by atoms with van der Waals surface area (Å²) in [6.07, 6.45) is 0.299. The van der Waals surface area contributed by atoms with Gasteiger partial charge >= 0.3 is 12.2 Å². The number of ether oxygens (including phenoxy) is 1. The van der Waals surface area contributed by atoms with Crippen LogP contribution in [-0.2, 0) is 0 Å². The molecule has 1 atom stereocenters. The Morgan fingerprint density at radius 1 is 1.28 bits per heavy atom. The summed E-state index contributed by atoms with van der Waals surface area (Å²) < 4.78 is 5.28. The number of pyridine rings is 1. The largest absolute Gasteiger partial charge is 0.465 e. The predicted molar refractivity (Wildman–Crippen MR) is 124 cm³/mol. The molecule has 0 bridgehead atoms. The van der Waals surface area contributed by atoms with E-state index in [0.29, 0.717) is 23.7 Å². The van der Waals surface area contributed by atoms with E-state index in [0.717, 1.165) is 29.0 Å². The molecule has 0 radical (unpaired) electrons. The number of nitrogens with two attached hydrogens (primary N) is 1. The Kier molecular flexibility index (Phi) is 7.14. The molecule has 10 nitrogen and oxygen atoms in total. The number of aliphatic imine (C=N–C) groups is 1. The molecule has 0 saturated carbocycles. The molecule has 0 fully saturated rings. The van der Waals surface area contributed by atoms with Crippen LogP contribution in [-0.4, -0.2) is 47.1 Å². The third kappa shape index (κ3) is 5.08. The number of nitrogen functional groups attached to an aromatic ring is 1. The topological polar surface area (TPSA) is 142 Å². The van der Waals surface area contributed by atoms with Crippen LogP contribution in [0.4, 0.5) is 32.6 Å². The van der Waals surface area contributed by atoms with E-state index in [1.807, 2.05) is 26.0 Å². The van der Waals surface area contributed by atoms with Crippen LogP contribution in [0.15, 0.2) is 35.3 Å². The number of carbonyl (C=O) groups is 2. The highest BCUT2D eigenvalue weighted by atomic mass is 16.6. The van der Waals surface area contributed by atoms with Crippen molar-refractivity contribution in [3.05, 3.63) is 35.9 Å². The molecule has 2 aromatic rings. The Hall–Kier alpha value is -3.82. The molecule has 32 heavy (non-hydrogen) atoms. The fourth-order valence-corrected chi connectivity index (χ4v) is 3.34. The summed E-state index contributed by atoms with van der Waals surface area (Å²) >= 11 is 0. The molecule has 170 valence electrons. The van der Waals surface area contributed by atoms with Gasteiger partial charge in [0.15, 0.2) is 5.82 Å². The zero-order valence-corrected chi connectivity index (χ0v) is 18.4. The van der Waals surface area contributed by atoms with Gasteiger partial charge in [-0.3, -0.25) is 4.90 Å². The quantitative estimate of drug-likeness (QED) is 0.477. The first kappa shape index (κ1) is 22.9. The number of nitrogens with one attached hydrogen (secondary N) is 2. The number of carbonyl (C=O) groups excluding carboxylic acids is 1. The molecular formula is C22H28N6O4. The van der Waals surface area contributed by atoms with E-state index in [9.17, 15) is 14.7 Å². The Balaban J connectivity index is 1.81. The fourth-order valence-electron chi connectivity index (χ4n) is 3.34. The number of benzene rings is 1. The van der Waals surface area contributed by atoms with Crippen molar-refractivity contribution in [1.82, 2.24) is 10.3 Å². The second-order valence-electron chi connectivity index (χ2n) is 7.35. The molecule has 5 N–H and O–H groups in total. The molecular weight excluding hydrogens is 412 g/mol. The SMILES string of the molecule is CCCCNC(=O)Oc1ccc(C2=Nc3c(cc(N(CC)C(=O)O)nc3N)N[C@H]2C)cc1. The van der Waals surface area contributed by atoms with E-state index < -0.39 is 12.2 Å². The van der Waals surface area contributed by atoms with Gasteiger partial charge in [-0.1, -0.05) is 13.3 Å². The van der Waals surface area contributed by atoms with Crippen LogP contribution >= 0.6 is 0 Å². The number of aromatic nitrogens is 1. The molecule has 2 heterocycles. The summed E-state index contributed by atoms with van der Waals surface area (Å²) in [6.45, 7) is 6.53. The molecule has 0 unspecified atom stereocenters. The van der Waals surface area contributed by atoms with Gasteiger partial charge in [0, 0.05) is 19.2 Å². The third-order valence-electron chi connectivity index (χ3n) is 5.00. The average molecular weight is 441 g/mol. The normalized spacial score (nSPS) is 14.6. The molecule has 0 saturated heterocycles. The van der Waals surface area contributed by atoms with Crippen LogP contribution in [0.25, 0.3) is 0 Å². The van der Waals surface area contributed by atoms with Crippen LogP contribution < -0.4 is 26.0 Å². The Morgan fingerprint density at radius 3 is 2.62 bits per heavy atom. The van der Waals surface area contributed by atoms with E-state index in [1.54, 1.807) is 25.1 Å². The lowest BCUT2D eigenvalue weighted by atomic mass is 10.0. The van der Waals surface area contributed by atoms with Crippen molar-refractivity contribution in [3.8, 4) is 5.75 Å². The van der Waals surface area contributed by atoms with Gasteiger partial charge in [-0.25, -0.2) is 19.6 Å². The zero-order chi connectivity index (χ0) is 23.3. The average Bonchev–Trinajstić information content (AvgIpc) is 2.74. The highest BCUT2D eigenvalue weighted by molar-refractivity contribution is 6.10. The second-order valence-corrected chi connectivity index (χ2v) is 7.35. The number of unbranched alkanes of at least 4 members (excludes halogenated alkanes) is 1. The van der Waals surface area contributed by atoms with E-state index in [4.69, 9.17) is 10.5 Å². The summed E-state index contributed by atoms with van der Waals surface area (Å²) in [5, 5.41) is 15.4. The smallest absolute Gasteiger partial charge is 0.413 e. The summed E-state index contributed by atoms with van der Waals surface area (Å²) in [5.74, 6) is 0.811. The molecule has 1 aromatic carbocycles. The van der Waals surface area contributed by atoms with Crippen molar-refractivity contribution in [3.63, 3.8) is 0 Å². The Bertz CT molecular complexity index is 1020. The summed E-state index contributed by atoms with van der Waals surface area (Å²) in [5.41, 5.74) is 8.75. The number of anilines is 3. The lowest BCUT2D eigenvalue weighted by molar-refractivity contribution is 0.200. The van der Waals surface area contributed by atoms with Gasteiger partial charge < -0.3 is 26.2 Å². The van der Waals surface area contributed by atoms with Gasteiger partial charge in [-0.2, -0.15) is 0 Å². The molecule has 1 aliphatic rings. The lowest BCUT2D eigenvalue weighted by Gasteiger charge is -2.26. The Labute approximate surface area is 186 Å². The van der Waals surface area contributed by atoms with Gasteiger partial charge in [0.05, 0.1) is 17.4 Å². The molecule has 3 rings (SSSR count). The summed E-state index contributed by atoms with van der Waals surface area (Å²) in [4.78, 5) is 33.3. The second kappa shape index (κ2) is 9.99. The standard InChI is InChI=1S/C22H28N6O4/c1-4-6-11-24-21(29)32-15-9-7-14(8-10-15)18-13(3)25-16-12-17(28(5-2)22(30)31)26-20(23)19(16)27-18/h7-10,12-13,25H,4-6,11H2,1-3H3,(H2,23,26)(H,24,29)(H,30,31)/t13-/m0/s1. The van der Waals surface area contributed by atoms with Gasteiger partial charge in [0.2, 0.25) is 0 Å². The molecule has 1 aliphatic heterocycles. The molecule has 0 spiro atoms. The van der Waals surface area contributed by atoms with Gasteiger partial charge in [-0.15, -0.1) is 0 Å². The lowest BCUT2D eigenvalue weighted by Crippen LogP contribution is -2.32. The van der Waals surface area contributed by atoms with Crippen molar-refractivity contribution in [2.75, 3.05) is 29.0 Å². The summed E-state index contributed by atoms with van der Waals surface area (Å²) in [7, 11) is 0. The van der Waals surface area contributed by atoms with Gasteiger partial charge in [0.1, 0.15) is 17.3 Å². The maximum atomic E-state index is 11.8. The highest BCUT2D eigenvalue weighted by Gasteiger charge is 2.25. The van der Waals surface area contributed by atoms with E-state index in [2.05, 4.69) is 20.6 Å². The van der Waals surface area contributed by atoms with E-state index >= 15 is 0 Å². The first-order valence-corrected chi connectivity index (χ1v) is 10.6. The monoisotopic (exact) mass is 440 g/mol. The maximum absolute atomic E-state index is 11.8. The van der Waals surface area contributed by atoms with Crippen molar-refractivity contribution in [1.29, 1.82) is 0 Å². The van der Waals surface area contributed by atoms with E-state index in [1.165, 1.54) is 0 Å².